The van der Waals surface area contributed by atoms with Crippen LogP contribution in [-0.4, -0.2) is 42.4 Å². The maximum absolute atomic E-state index is 13.6. The van der Waals surface area contributed by atoms with Gasteiger partial charge in [-0.1, -0.05) is 61.4 Å². The zero-order valence-electron chi connectivity index (χ0n) is 19.6. The monoisotopic (exact) mass is 445 g/mol. The lowest BCUT2D eigenvalue weighted by Gasteiger charge is -2.33. The summed E-state index contributed by atoms with van der Waals surface area (Å²) in [6, 6.07) is 19.2. The van der Waals surface area contributed by atoms with Crippen LogP contribution < -0.4 is 10.2 Å². The third-order valence-electron chi connectivity index (χ3n) is 7.97. The number of nitrogens with zero attached hydrogens (tertiary/aromatic N) is 2. The van der Waals surface area contributed by atoms with Gasteiger partial charge in [0.15, 0.2) is 0 Å². The molecule has 33 heavy (non-hydrogen) atoms. The van der Waals surface area contributed by atoms with Crippen LogP contribution >= 0.6 is 0 Å². The Morgan fingerprint density at radius 1 is 0.909 bits per heavy atom. The molecule has 1 saturated carbocycles. The third kappa shape index (κ3) is 4.56. The van der Waals surface area contributed by atoms with Crippen molar-refractivity contribution in [2.45, 2.75) is 57.5 Å². The Balaban J connectivity index is 1.22. The van der Waals surface area contributed by atoms with Gasteiger partial charge in [-0.2, -0.15) is 0 Å². The van der Waals surface area contributed by atoms with Gasteiger partial charge in [0.2, 0.25) is 11.8 Å². The van der Waals surface area contributed by atoms with Gasteiger partial charge in [-0.15, -0.1) is 0 Å². The van der Waals surface area contributed by atoms with Crippen molar-refractivity contribution in [2.75, 3.05) is 24.5 Å². The summed E-state index contributed by atoms with van der Waals surface area (Å²) in [7, 11) is 0. The summed E-state index contributed by atoms with van der Waals surface area (Å²) in [5.41, 5.74) is 3.59. The van der Waals surface area contributed by atoms with Crippen molar-refractivity contribution < 1.29 is 9.59 Å². The molecule has 0 radical (unpaired) electrons. The van der Waals surface area contributed by atoms with Crippen LogP contribution in [0.1, 0.15) is 56.2 Å². The fourth-order valence-corrected chi connectivity index (χ4v) is 6.02. The molecule has 2 amide bonds. The number of para-hydroxylation sites is 1. The van der Waals surface area contributed by atoms with Gasteiger partial charge in [0.05, 0.1) is 5.92 Å². The lowest BCUT2D eigenvalue weighted by molar-refractivity contribution is -0.135. The highest BCUT2D eigenvalue weighted by Gasteiger charge is 2.40. The van der Waals surface area contributed by atoms with Gasteiger partial charge in [0, 0.05) is 43.3 Å². The number of hydrogen-bond acceptors (Lipinski definition) is 3. The fourth-order valence-electron chi connectivity index (χ4n) is 6.02. The van der Waals surface area contributed by atoms with Crippen molar-refractivity contribution in [1.82, 2.24) is 10.2 Å². The number of amides is 2. The third-order valence-corrected chi connectivity index (χ3v) is 7.97. The molecule has 1 N–H and O–H groups in total. The van der Waals surface area contributed by atoms with Crippen LogP contribution in [0.4, 0.5) is 5.69 Å². The molecular weight excluding hydrogens is 410 g/mol. The highest BCUT2D eigenvalue weighted by Crippen LogP contribution is 2.36. The predicted octanol–water partition coefficient (Wildman–Crippen LogP) is 4.33. The number of anilines is 1. The van der Waals surface area contributed by atoms with Crippen LogP contribution in [-0.2, 0) is 16.0 Å². The molecule has 4 atom stereocenters. The first kappa shape index (κ1) is 22.1. The van der Waals surface area contributed by atoms with E-state index in [0.29, 0.717) is 6.04 Å². The van der Waals surface area contributed by atoms with E-state index in [9.17, 15) is 9.59 Å². The van der Waals surface area contributed by atoms with Gasteiger partial charge in [0.25, 0.3) is 0 Å². The van der Waals surface area contributed by atoms with Crippen molar-refractivity contribution in [1.29, 1.82) is 0 Å². The summed E-state index contributed by atoms with van der Waals surface area (Å²) < 4.78 is 0. The van der Waals surface area contributed by atoms with Crippen LogP contribution in [0, 0.1) is 11.8 Å². The molecule has 2 heterocycles. The van der Waals surface area contributed by atoms with Gasteiger partial charge in [-0.25, -0.2) is 0 Å². The smallest absolute Gasteiger partial charge is 0.230 e. The topological polar surface area (TPSA) is 52.7 Å². The fraction of sp³-hybridized carbons (Fsp3) is 0.500. The van der Waals surface area contributed by atoms with Crippen LogP contribution in [0.25, 0.3) is 0 Å². The average Bonchev–Trinajstić information content (AvgIpc) is 3.51. The summed E-state index contributed by atoms with van der Waals surface area (Å²) in [6.07, 6.45) is 5.56. The molecule has 5 heteroatoms. The number of likely N-dealkylation sites (tertiary alicyclic amines) is 1. The van der Waals surface area contributed by atoms with Crippen molar-refractivity contribution >= 4 is 17.5 Å². The van der Waals surface area contributed by atoms with E-state index in [1.807, 2.05) is 29.2 Å². The Morgan fingerprint density at radius 3 is 2.45 bits per heavy atom. The van der Waals surface area contributed by atoms with Crippen LogP contribution in [0.5, 0.6) is 0 Å². The number of fused-ring (bicyclic) bond motifs is 1. The first-order chi connectivity index (χ1) is 16.1. The van der Waals surface area contributed by atoms with Crippen LogP contribution in [0.15, 0.2) is 54.6 Å². The SMILES string of the molecule is CC(c1ccccc1)N1CCC(NC(=O)C2CCCCC2C(=O)N2CCc3ccccc32)C1. The number of benzene rings is 2. The second-order valence-electron chi connectivity index (χ2n) is 9.94. The number of hydrogen-bond donors (Lipinski definition) is 1. The number of carbonyl (C=O) groups excluding carboxylic acids is 2. The lowest BCUT2D eigenvalue weighted by atomic mass is 9.77. The molecule has 5 rings (SSSR count). The molecule has 0 bridgehead atoms. The summed E-state index contributed by atoms with van der Waals surface area (Å²) >= 11 is 0. The Bertz CT molecular complexity index is 992. The van der Waals surface area contributed by atoms with Crippen molar-refractivity contribution in [3.05, 3.63) is 65.7 Å². The van der Waals surface area contributed by atoms with Gasteiger partial charge in [-0.3, -0.25) is 14.5 Å². The van der Waals surface area contributed by atoms with Gasteiger partial charge in [0.1, 0.15) is 0 Å². The predicted molar refractivity (Wildman–Crippen MR) is 131 cm³/mol. The molecule has 2 aliphatic heterocycles. The zero-order chi connectivity index (χ0) is 22.8. The summed E-state index contributed by atoms with van der Waals surface area (Å²) in [5.74, 6) is -0.185. The minimum absolute atomic E-state index is 0.0831. The number of rotatable bonds is 5. The molecule has 5 nitrogen and oxygen atoms in total. The Hall–Kier alpha value is -2.66. The molecule has 174 valence electrons. The molecule has 3 aliphatic rings. The highest BCUT2D eigenvalue weighted by atomic mass is 16.2. The molecule has 2 fully saturated rings. The van der Waals surface area contributed by atoms with E-state index in [4.69, 9.17) is 0 Å². The molecule has 4 unspecified atom stereocenters. The molecular formula is C28H35N3O2. The van der Waals surface area contributed by atoms with E-state index >= 15 is 0 Å². The van der Waals surface area contributed by atoms with Crippen LogP contribution in [0.2, 0.25) is 0 Å². The van der Waals surface area contributed by atoms with E-state index in [1.54, 1.807) is 0 Å². The Labute approximate surface area is 197 Å². The number of carbonyl (C=O) groups is 2. The lowest BCUT2D eigenvalue weighted by Crippen LogP contribution is -2.48. The molecule has 1 saturated heterocycles. The largest absolute Gasteiger partial charge is 0.352 e. The molecule has 0 aromatic heterocycles. The highest BCUT2D eigenvalue weighted by molar-refractivity contribution is 5.99. The van der Waals surface area contributed by atoms with E-state index < -0.39 is 0 Å². The Morgan fingerprint density at radius 2 is 1.64 bits per heavy atom. The summed E-state index contributed by atoms with van der Waals surface area (Å²) in [5, 5.41) is 3.33. The van der Waals surface area contributed by atoms with Gasteiger partial charge < -0.3 is 10.2 Å². The van der Waals surface area contributed by atoms with Crippen LogP contribution in [0.3, 0.4) is 0 Å². The number of nitrogens with one attached hydrogen (secondary N) is 1. The van der Waals surface area contributed by atoms with Gasteiger partial charge in [-0.05, 0) is 49.8 Å². The minimum Gasteiger partial charge on any atom is -0.352 e. The maximum Gasteiger partial charge on any atom is 0.230 e. The summed E-state index contributed by atoms with van der Waals surface area (Å²) in [6.45, 7) is 4.83. The molecule has 2 aromatic carbocycles. The minimum atomic E-state index is -0.209. The van der Waals surface area contributed by atoms with E-state index in [0.717, 1.165) is 63.8 Å². The maximum atomic E-state index is 13.6. The van der Waals surface area contributed by atoms with Gasteiger partial charge >= 0.3 is 0 Å². The zero-order valence-corrected chi connectivity index (χ0v) is 19.6. The Kier molecular flexibility index (Phi) is 6.50. The molecule has 2 aromatic rings. The quantitative estimate of drug-likeness (QED) is 0.745. The first-order valence-electron chi connectivity index (χ1n) is 12.6. The molecule has 1 aliphatic carbocycles. The van der Waals surface area contributed by atoms with Crippen molar-refractivity contribution in [3.8, 4) is 0 Å². The second-order valence-corrected chi connectivity index (χ2v) is 9.94. The molecule has 0 spiro atoms. The average molecular weight is 446 g/mol. The van der Waals surface area contributed by atoms with E-state index in [2.05, 4.69) is 47.5 Å². The summed E-state index contributed by atoms with van der Waals surface area (Å²) in [4.78, 5) is 31.3. The standard InChI is InChI=1S/C28H35N3O2/c1-20(21-9-3-2-4-10-21)30-17-16-23(19-30)29-27(32)24-12-6-7-13-25(24)28(33)31-18-15-22-11-5-8-14-26(22)31/h2-5,8-11,14,20,23-25H,6-7,12-13,15-19H2,1H3,(H,29,32). The van der Waals surface area contributed by atoms with Crippen molar-refractivity contribution in [2.24, 2.45) is 11.8 Å². The van der Waals surface area contributed by atoms with Crippen molar-refractivity contribution in [3.63, 3.8) is 0 Å². The normalized spacial score (nSPS) is 26.1. The van der Waals surface area contributed by atoms with E-state index in [1.165, 1.54) is 11.1 Å². The first-order valence-corrected chi connectivity index (χ1v) is 12.6. The van der Waals surface area contributed by atoms with E-state index in [-0.39, 0.29) is 29.7 Å². The second kappa shape index (κ2) is 9.68.